The molecule has 1 fully saturated rings. The van der Waals surface area contributed by atoms with E-state index < -0.39 is 0 Å². The molecule has 0 saturated carbocycles. The van der Waals surface area contributed by atoms with Gasteiger partial charge in [0.15, 0.2) is 0 Å². The van der Waals surface area contributed by atoms with E-state index >= 15 is 0 Å². The van der Waals surface area contributed by atoms with Crippen molar-refractivity contribution in [2.75, 3.05) is 18.0 Å². The van der Waals surface area contributed by atoms with Crippen LogP contribution in [0.2, 0.25) is 0 Å². The molecule has 2 nitrogen and oxygen atoms in total. The highest BCUT2D eigenvalue weighted by Crippen LogP contribution is 2.27. The number of para-hydroxylation sites is 1. The second-order valence-electron chi connectivity index (χ2n) is 4.80. The van der Waals surface area contributed by atoms with E-state index in [0.29, 0.717) is 12.3 Å². The fraction of sp³-hybridized carbons (Fsp3) is 0.533. The summed E-state index contributed by atoms with van der Waals surface area (Å²) in [4.78, 5) is 2.46. The monoisotopic (exact) mass is 228 g/mol. The van der Waals surface area contributed by atoms with Crippen LogP contribution in [0.3, 0.4) is 0 Å². The van der Waals surface area contributed by atoms with Gasteiger partial charge < -0.3 is 4.90 Å². The lowest BCUT2D eigenvalue weighted by atomic mass is 9.94. The minimum Gasteiger partial charge on any atom is -0.371 e. The van der Waals surface area contributed by atoms with Crippen LogP contribution in [-0.4, -0.2) is 13.1 Å². The molecule has 1 unspecified atom stereocenters. The Morgan fingerprint density at radius 1 is 1.41 bits per heavy atom. The Morgan fingerprint density at radius 2 is 2.24 bits per heavy atom. The number of rotatable bonds is 3. The average molecular weight is 228 g/mol. The molecule has 1 heterocycles. The lowest BCUT2D eigenvalue weighted by Crippen LogP contribution is -2.35. The lowest BCUT2D eigenvalue weighted by molar-refractivity contribution is 0.421. The van der Waals surface area contributed by atoms with Crippen molar-refractivity contribution < 1.29 is 0 Å². The van der Waals surface area contributed by atoms with Crippen LogP contribution < -0.4 is 4.90 Å². The predicted molar refractivity (Wildman–Crippen MR) is 71.0 cm³/mol. The quantitative estimate of drug-likeness (QED) is 0.793. The molecule has 0 N–H and O–H groups in total. The minimum atomic E-state index is 0.554. The normalized spacial score (nSPS) is 20.0. The molecule has 1 aliphatic heterocycles. The molecule has 1 aliphatic rings. The van der Waals surface area contributed by atoms with Gasteiger partial charge in [0.25, 0.3) is 0 Å². The Labute approximate surface area is 104 Å². The lowest BCUT2D eigenvalue weighted by Gasteiger charge is -2.34. The predicted octanol–water partition coefficient (Wildman–Crippen LogP) is 3.38. The van der Waals surface area contributed by atoms with Crippen molar-refractivity contribution in [3.8, 4) is 6.07 Å². The van der Waals surface area contributed by atoms with Gasteiger partial charge in [0.2, 0.25) is 0 Å². The zero-order valence-electron chi connectivity index (χ0n) is 10.5. The first kappa shape index (κ1) is 12.0. The first-order chi connectivity index (χ1) is 8.35. The molecule has 0 radical (unpaired) electrons. The first-order valence-corrected chi connectivity index (χ1v) is 6.55. The highest BCUT2D eigenvalue weighted by Gasteiger charge is 2.20. The van der Waals surface area contributed by atoms with Crippen molar-refractivity contribution >= 4 is 5.69 Å². The van der Waals surface area contributed by atoms with Crippen molar-refractivity contribution in [1.82, 2.24) is 0 Å². The van der Waals surface area contributed by atoms with Crippen molar-refractivity contribution in [2.45, 2.75) is 32.6 Å². The third-order valence-corrected chi connectivity index (χ3v) is 3.61. The van der Waals surface area contributed by atoms with Gasteiger partial charge in [-0.15, -0.1) is 0 Å². The topological polar surface area (TPSA) is 27.0 Å². The molecule has 2 rings (SSSR count). The highest BCUT2D eigenvalue weighted by molar-refractivity contribution is 5.54. The number of aryl methyl sites for hydroxylation is 1. The van der Waals surface area contributed by atoms with E-state index in [2.05, 4.69) is 42.2 Å². The Hall–Kier alpha value is -1.49. The van der Waals surface area contributed by atoms with Gasteiger partial charge in [-0.05, 0) is 36.8 Å². The van der Waals surface area contributed by atoms with Crippen molar-refractivity contribution in [2.24, 2.45) is 5.92 Å². The number of nitrogens with zero attached hydrogens (tertiary/aromatic N) is 2. The number of nitriles is 1. The number of hydrogen-bond donors (Lipinski definition) is 0. The molecule has 90 valence electrons. The second-order valence-corrected chi connectivity index (χ2v) is 4.80. The van der Waals surface area contributed by atoms with E-state index in [4.69, 9.17) is 5.26 Å². The molecule has 0 amide bonds. The van der Waals surface area contributed by atoms with Gasteiger partial charge in [-0.2, -0.15) is 5.26 Å². The molecule has 0 aliphatic carbocycles. The molecule has 0 aromatic heterocycles. The number of piperidine rings is 1. The van der Waals surface area contributed by atoms with Gasteiger partial charge >= 0.3 is 0 Å². The van der Waals surface area contributed by atoms with E-state index in [-0.39, 0.29) is 0 Å². The molecule has 0 bridgehead atoms. The first-order valence-electron chi connectivity index (χ1n) is 6.55. The minimum absolute atomic E-state index is 0.554. The van der Waals surface area contributed by atoms with Crippen LogP contribution in [-0.2, 0) is 6.42 Å². The second kappa shape index (κ2) is 5.72. The van der Waals surface area contributed by atoms with Crippen LogP contribution in [0.4, 0.5) is 5.69 Å². The maximum atomic E-state index is 8.81. The zero-order chi connectivity index (χ0) is 12.1. The third-order valence-electron chi connectivity index (χ3n) is 3.61. The van der Waals surface area contributed by atoms with Crippen LogP contribution in [0.25, 0.3) is 0 Å². The molecule has 1 atom stereocenters. The number of benzene rings is 1. The van der Waals surface area contributed by atoms with Gasteiger partial charge in [0.1, 0.15) is 0 Å². The summed E-state index contributed by atoms with van der Waals surface area (Å²) in [5.41, 5.74) is 2.79. The average Bonchev–Trinajstić information content (AvgIpc) is 2.39. The standard InChI is InChI=1S/C15H20N2/c1-2-14-7-3-4-8-15(14)17-11-5-6-13(12-17)9-10-16/h3-4,7-8,13H,2,5-6,9,11-12H2,1H3. The van der Waals surface area contributed by atoms with Crippen LogP contribution in [0.5, 0.6) is 0 Å². The van der Waals surface area contributed by atoms with Crippen LogP contribution in [0, 0.1) is 17.2 Å². The largest absolute Gasteiger partial charge is 0.371 e. The fourth-order valence-corrected chi connectivity index (χ4v) is 2.70. The molecule has 2 heteroatoms. The maximum absolute atomic E-state index is 8.81. The van der Waals surface area contributed by atoms with E-state index in [1.54, 1.807) is 0 Å². The summed E-state index contributed by atoms with van der Waals surface area (Å²) in [5, 5.41) is 8.81. The van der Waals surface area contributed by atoms with Gasteiger partial charge in [-0.1, -0.05) is 25.1 Å². The Balaban J connectivity index is 2.13. The van der Waals surface area contributed by atoms with E-state index in [1.165, 1.54) is 24.1 Å². The summed E-state index contributed by atoms with van der Waals surface area (Å²) in [6.45, 7) is 4.39. The molecule has 17 heavy (non-hydrogen) atoms. The number of hydrogen-bond acceptors (Lipinski definition) is 2. The van der Waals surface area contributed by atoms with Gasteiger partial charge in [-0.25, -0.2) is 0 Å². The molecular formula is C15H20N2. The van der Waals surface area contributed by atoms with Crippen molar-refractivity contribution in [3.63, 3.8) is 0 Å². The summed E-state index contributed by atoms with van der Waals surface area (Å²) in [7, 11) is 0. The van der Waals surface area contributed by atoms with Gasteiger partial charge in [0, 0.05) is 25.2 Å². The van der Waals surface area contributed by atoms with E-state index in [9.17, 15) is 0 Å². The Bertz CT molecular complexity index is 406. The summed E-state index contributed by atoms with van der Waals surface area (Å²) in [6.07, 6.45) is 4.20. The smallest absolute Gasteiger partial charge is 0.0625 e. The highest BCUT2D eigenvalue weighted by atomic mass is 15.1. The molecule has 1 aromatic rings. The maximum Gasteiger partial charge on any atom is 0.0625 e. The summed E-state index contributed by atoms with van der Waals surface area (Å²) in [6, 6.07) is 11.0. The summed E-state index contributed by atoms with van der Waals surface area (Å²) >= 11 is 0. The molecular weight excluding hydrogens is 208 g/mol. The third kappa shape index (κ3) is 2.79. The van der Waals surface area contributed by atoms with Crippen molar-refractivity contribution in [3.05, 3.63) is 29.8 Å². The Morgan fingerprint density at radius 3 is 3.00 bits per heavy atom. The van der Waals surface area contributed by atoms with E-state index in [1.807, 2.05) is 0 Å². The number of anilines is 1. The summed E-state index contributed by atoms with van der Waals surface area (Å²) in [5.74, 6) is 0.554. The van der Waals surface area contributed by atoms with Crippen LogP contribution >= 0.6 is 0 Å². The van der Waals surface area contributed by atoms with Gasteiger partial charge in [-0.3, -0.25) is 0 Å². The zero-order valence-corrected chi connectivity index (χ0v) is 10.5. The van der Waals surface area contributed by atoms with Crippen LogP contribution in [0.1, 0.15) is 31.7 Å². The SMILES string of the molecule is CCc1ccccc1N1CCCC(CC#N)C1. The molecule has 0 spiro atoms. The molecule has 1 saturated heterocycles. The van der Waals surface area contributed by atoms with Crippen molar-refractivity contribution in [1.29, 1.82) is 5.26 Å². The van der Waals surface area contributed by atoms with Gasteiger partial charge in [0.05, 0.1) is 6.07 Å². The fourth-order valence-electron chi connectivity index (χ4n) is 2.70. The van der Waals surface area contributed by atoms with Crippen LogP contribution in [0.15, 0.2) is 24.3 Å². The van der Waals surface area contributed by atoms with E-state index in [0.717, 1.165) is 19.5 Å². The summed E-state index contributed by atoms with van der Waals surface area (Å²) < 4.78 is 0. The molecule has 1 aromatic carbocycles. The Kier molecular flexibility index (Phi) is 4.03.